The summed E-state index contributed by atoms with van der Waals surface area (Å²) < 4.78 is 0. The standard InChI is InChI=1S/C17H13Cl2N3OS/c18-13-8-4-7-12(15(13)19)9-14-16(23)21-17(24-14)22-20-10-11-5-2-1-3-6-11/h1-8,10,14H,9H2,(H,21,22,23)/b20-10-/t14-/m0/s1. The van der Waals surface area contributed by atoms with Gasteiger partial charge < -0.3 is 5.32 Å². The number of thioether (sulfide) groups is 1. The highest BCUT2D eigenvalue weighted by molar-refractivity contribution is 8.15. The average Bonchev–Trinajstić information content (AvgIpc) is 2.93. The summed E-state index contributed by atoms with van der Waals surface area (Å²) in [5, 5.41) is 12.0. The van der Waals surface area contributed by atoms with E-state index in [9.17, 15) is 4.79 Å². The second-order valence-electron chi connectivity index (χ2n) is 5.07. The van der Waals surface area contributed by atoms with Gasteiger partial charge in [0.2, 0.25) is 5.91 Å². The molecule has 1 N–H and O–H groups in total. The Morgan fingerprint density at radius 3 is 2.71 bits per heavy atom. The van der Waals surface area contributed by atoms with Crippen molar-refractivity contribution in [3.05, 3.63) is 69.7 Å². The van der Waals surface area contributed by atoms with Crippen molar-refractivity contribution in [2.75, 3.05) is 0 Å². The lowest BCUT2D eigenvalue weighted by atomic mass is 10.1. The lowest BCUT2D eigenvalue weighted by Crippen LogP contribution is -2.26. The number of nitrogens with zero attached hydrogens (tertiary/aromatic N) is 2. The molecule has 1 aliphatic rings. The highest BCUT2D eigenvalue weighted by atomic mass is 35.5. The summed E-state index contributed by atoms with van der Waals surface area (Å²) >= 11 is 13.5. The van der Waals surface area contributed by atoms with E-state index >= 15 is 0 Å². The van der Waals surface area contributed by atoms with Crippen molar-refractivity contribution in [2.45, 2.75) is 11.7 Å². The fraction of sp³-hybridized carbons (Fsp3) is 0.118. The van der Waals surface area contributed by atoms with Crippen LogP contribution in [0.4, 0.5) is 0 Å². The summed E-state index contributed by atoms with van der Waals surface area (Å²) in [5.74, 6) is -0.107. The summed E-state index contributed by atoms with van der Waals surface area (Å²) in [6, 6.07) is 15.0. The lowest BCUT2D eigenvalue weighted by Gasteiger charge is -2.08. The molecule has 1 amide bonds. The van der Waals surface area contributed by atoms with E-state index in [2.05, 4.69) is 15.5 Å². The minimum Gasteiger partial charge on any atom is -0.303 e. The monoisotopic (exact) mass is 377 g/mol. The number of rotatable bonds is 4. The Balaban J connectivity index is 1.66. The van der Waals surface area contributed by atoms with Gasteiger partial charge in [0.15, 0.2) is 5.17 Å². The van der Waals surface area contributed by atoms with Gasteiger partial charge in [0.25, 0.3) is 0 Å². The van der Waals surface area contributed by atoms with Crippen LogP contribution in [0.15, 0.2) is 58.7 Å². The minimum absolute atomic E-state index is 0.107. The molecule has 1 saturated heterocycles. The molecule has 0 spiro atoms. The third-order valence-corrected chi connectivity index (χ3v) is 5.30. The van der Waals surface area contributed by atoms with Gasteiger partial charge in [0, 0.05) is 0 Å². The van der Waals surface area contributed by atoms with Crippen LogP contribution in [0.5, 0.6) is 0 Å². The smallest absolute Gasteiger partial charge is 0.239 e. The average molecular weight is 378 g/mol. The van der Waals surface area contributed by atoms with Crippen molar-refractivity contribution >= 4 is 52.3 Å². The molecule has 122 valence electrons. The number of carbonyl (C=O) groups excluding carboxylic acids is 1. The van der Waals surface area contributed by atoms with Crippen LogP contribution in [0, 0.1) is 0 Å². The molecule has 2 aromatic carbocycles. The quantitative estimate of drug-likeness (QED) is 0.642. The topological polar surface area (TPSA) is 53.8 Å². The van der Waals surface area contributed by atoms with E-state index < -0.39 is 0 Å². The SMILES string of the molecule is O=C1N/C(=N/N=C\c2ccccc2)S[C@H]1Cc1cccc(Cl)c1Cl. The van der Waals surface area contributed by atoms with Crippen LogP contribution in [0.3, 0.4) is 0 Å². The van der Waals surface area contributed by atoms with Crippen molar-refractivity contribution in [3.8, 4) is 0 Å². The maximum Gasteiger partial charge on any atom is 0.239 e. The lowest BCUT2D eigenvalue weighted by molar-refractivity contribution is -0.118. The molecule has 0 radical (unpaired) electrons. The third kappa shape index (κ3) is 4.17. The van der Waals surface area contributed by atoms with Crippen molar-refractivity contribution in [2.24, 2.45) is 10.2 Å². The van der Waals surface area contributed by atoms with Gasteiger partial charge in [-0.15, -0.1) is 5.10 Å². The minimum atomic E-state index is -0.299. The Hall–Kier alpha value is -1.82. The number of carbonyl (C=O) groups is 1. The predicted octanol–water partition coefficient (Wildman–Crippen LogP) is 4.16. The normalized spacial score (nSPS) is 19.2. The van der Waals surface area contributed by atoms with E-state index in [-0.39, 0.29) is 11.2 Å². The second kappa shape index (κ2) is 7.83. The number of hydrogen-bond acceptors (Lipinski definition) is 4. The molecule has 0 aromatic heterocycles. The molecular formula is C17H13Cl2N3OS. The maximum absolute atomic E-state index is 12.1. The summed E-state index contributed by atoms with van der Waals surface area (Å²) in [5.41, 5.74) is 1.78. The Kier molecular flexibility index (Phi) is 5.56. The summed E-state index contributed by atoms with van der Waals surface area (Å²) in [6.45, 7) is 0. The maximum atomic E-state index is 12.1. The first-order valence-electron chi connectivity index (χ1n) is 7.20. The summed E-state index contributed by atoms with van der Waals surface area (Å²) in [6.07, 6.45) is 2.12. The zero-order valence-corrected chi connectivity index (χ0v) is 14.8. The largest absolute Gasteiger partial charge is 0.303 e. The molecule has 0 bridgehead atoms. The van der Waals surface area contributed by atoms with Crippen LogP contribution in [0.25, 0.3) is 0 Å². The Morgan fingerprint density at radius 1 is 1.12 bits per heavy atom. The van der Waals surface area contributed by atoms with Crippen LogP contribution in [-0.4, -0.2) is 22.5 Å². The first kappa shape index (κ1) is 17.0. The molecule has 7 heteroatoms. The molecule has 4 nitrogen and oxygen atoms in total. The van der Waals surface area contributed by atoms with Crippen LogP contribution < -0.4 is 5.32 Å². The fourth-order valence-electron chi connectivity index (χ4n) is 2.18. The molecular weight excluding hydrogens is 365 g/mol. The summed E-state index contributed by atoms with van der Waals surface area (Å²) in [7, 11) is 0. The van der Waals surface area contributed by atoms with Crippen molar-refractivity contribution in [1.29, 1.82) is 0 Å². The number of nitrogens with one attached hydrogen (secondary N) is 1. The molecule has 0 unspecified atom stereocenters. The third-order valence-electron chi connectivity index (χ3n) is 3.37. The predicted molar refractivity (Wildman–Crippen MR) is 101 cm³/mol. The number of halogens is 2. The highest BCUT2D eigenvalue weighted by Crippen LogP contribution is 2.30. The Bertz CT molecular complexity index is 809. The van der Waals surface area contributed by atoms with Gasteiger partial charge in [0.1, 0.15) is 0 Å². The van der Waals surface area contributed by atoms with E-state index in [4.69, 9.17) is 23.2 Å². The number of hydrogen-bond donors (Lipinski definition) is 1. The zero-order chi connectivity index (χ0) is 16.9. The van der Waals surface area contributed by atoms with Crippen molar-refractivity contribution < 1.29 is 4.79 Å². The molecule has 2 aromatic rings. The van der Waals surface area contributed by atoms with Gasteiger partial charge in [-0.05, 0) is 23.6 Å². The van der Waals surface area contributed by atoms with Crippen LogP contribution >= 0.6 is 35.0 Å². The molecule has 1 atom stereocenters. The number of amides is 1. The van der Waals surface area contributed by atoms with Crippen LogP contribution in [-0.2, 0) is 11.2 Å². The molecule has 0 aliphatic carbocycles. The first-order chi connectivity index (χ1) is 11.6. The van der Waals surface area contributed by atoms with Gasteiger partial charge >= 0.3 is 0 Å². The first-order valence-corrected chi connectivity index (χ1v) is 8.83. The van der Waals surface area contributed by atoms with E-state index in [1.54, 1.807) is 12.3 Å². The van der Waals surface area contributed by atoms with Gasteiger partial charge in [-0.2, -0.15) is 5.10 Å². The van der Waals surface area contributed by atoms with E-state index in [0.29, 0.717) is 21.6 Å². The highest BCUT2D eigenvalue weighted by Gasteiger charge is 2.31. The van der Waals surface area contributed by atoms with Gasteiger partial charge in [-0.25, -0.2) is 0 Å². The zero-order valence-electron chi connectivity index (χ0n) is 12.4. The van der Waals surface area contributed by atoms with E-state index in [0.717, 1.165) is 11.1 Å². The second-order valence-corrected chi connectivity index (χ2v) is 7.05. The number of benzene rings is 2. The molecule has 3 rings (SSSR count). The fourth-order valence-corrected chi connectivity index (χ4v) is 3.53. The Labute approximate surface area is 154 Å². The molecule has 1 fully saturated rings. The summed E-state index contributed by atoms with van der Waals surface area (Å²) in [4.78, 5) is 12.1. The van der Waals surface area contributed by atoms with Crippen molar-refractivity contribution in [1.82, 2.24) is 5.32 Å². The Morgan fingerprint density at radius 2 is 1.92 bits per heavy atom. The molecule has 1 aliphatic heterocycles. The number of amidine groups is 1. The molecule has 1 heterocycles. The van der Waals surface area contributed by atoms with Crippen LogP contribution in [0.2, 0.25) is 10.0 Å². The molecule has 24 heavy (non-hydrogen) atoms. The molecule has 0 saturated carbocycles. The van der Waals surface area contributed by atoms with Gasteiger partial charge in [-0.1, -0.05) is 77.4 Å². The van der Waals surface area contributed by atoms with Gasteiger partial charge in [0.05, 0.1) is 21.5 Å². The van der Waals surface area contributed by atoms with E-state index in [1.807, 2.05) is 42.5 Å². The van der Waals surface area contributed by atoms with Crippen molar-refractivity contribution in [3.63, 3.8) is 0 Å². The van der Waals surface area contributed by atoms with Gasteiger partial charge in [-0.3, -0.25) is 4.79 Å². The van der Waals surface area contributed by atoms with E-state index in [1.165, 1.54) is 11.8 Å². The van der Waals surface area contributed by atoms with Crippen LogP contribution in [0.1, 0.15) is 11.1 Å².